The molecule has 0 aromatic carbocycles. The van der Waals surface area contributed by atoms with Gasteiger partial charge in [-0.15, -0.1) is 0 Å². The summed E-state index contributed by atoms with van der Waals surface area (Å²) >= 11 is 0. The number of rotatable bonds is 2. The van der Waals surface area contributed by atoms with E-state index in [0.29, 0.717) is 25.0 Å². The molecule has 2 fully saturated rings. The zero-order chi connectivity index (χ0) is 10.9. The number of aliphatic hydroxyl groups is 2. The molecule has 4 nitrogen and oxygen atoms in total. The first kappa shape index (κ1) is 12.9. The first-order valence-corrected chi connectivity index (χ1v) is 5.74. The minimum Gasteiger partial charge on any atom is -0.396 e. The summed E-state index contributed by atoms with van der Waals surface area (Å²) in [6.07, 6.45) is 3.11. The smallest absolute Gasteiger partial charge is 0.0517 e. The van der Waals surface area contributed by atoms with Crippen LogP contribution < -0.4 is 0 Å². The van der Waals surface area contributed by atoms with Crippen molar-refractivity contribution in [2.45, 2.75) is 19.3 Å². The number of hydrogen-bond acceptors (Lipinski definition) is 4. The Morgan fingerprint density at radius 2 is 1.33 bits per heavy atom. The molecule has 0 aromatic rings. The van der Waals surface area contributed by atoms with E-state index in [1.165, 1.54) is 0 Å². The highest BCUT2D eigenvalue weighted by atomic mass is 16.5. The van der Waals surface area contributed by atoms with Gasteiger partial charge in [0.1, 0.15) is 0 Å². The van der Waals surface area contributed by atoms with Crippen LogP contribution in [0.5, 0.6) is 0 Å². The van der Waals surface area contributed by atoms with E-state index >= 15 is 0 Å². The summed E-state index contributed by atoms with van der Waals surface area (Å²) < 4.78 is 10.1. The van der Waals surface area contributed by atoms with Crippen molar-refractivity contribution >= 4 is 0 Å². The Kier molecular flexibility index (Phi) is 6.92. The van der Waals surface area contributed by atoms with E-state index in [0.717, 1.165) is 45.7 Å². The van der Waals surface area contributed by atoms with E-state index in [1.807, 2.05) is 0 Å². The van der Waals surface area contributed by atoms with Crippen molar-refractivity contribution in [3.63, 3.8) is 0 Å². The molecular weight excluding hydrogens is 196 g/mol. The van der Waals surface area contributed by atoms with Gasteiger partial charge in [-0.2, -0.15) is 0 Å². The van der Waals surface area contributed by atoms with Gasteiger partial charge in [0.05, 0.1) is 6.61 Å². The molecule has 0 spiro atoms. The normalized spacial score (nSPS) is 27.2. The fraction of sp³-hybridized carbons (Fsp3) is 1.00. The maximum atomic E-state index is 8.64. The van der Waals surface area contributed by atoms with E-state index in [9.17, 15) is 0 Å². The Bertz CT molecular complexity index is 140. The van der Waals surface area contributed by atoms with Crippen molar-refractivity contribution in [2.24, 2.45) is 11.8 Å². The second-order valence-electron chi connectivity index (χ2n) is 4.15. The first-order valence-electron chi connectivity index (χ1n) is 5.74. The Hall–Kier alpha value is -0.160. The van der Waals surface area contributed by atoms with Gasteiger partial charge in [0, 0.05) is 39.0 Å². The van der Waals surface area contributed by atoms with Crippen LogP contribution in [0.15, 0.2) is 0 Å². The number of aliphatic hydroxyl groups excluding tert-OH is 2. The van der Waals surface area contributed by atoms with Gasteiger partial charge in [-0.25, -0.2) is 0 Å². The van der Waals surface area contributed by atoms with E-state index in [-0.39, 0.29) is 0 Å². The predicted molar refractivity (Wildman–Crippen MR) is 56.6 cm³/mol. The van der Waals surface area contributed by atoms with Gasteiger partial charge in [0.2, 0.25) is 0 Å². The van der Waals surface area contributed by atoms with Gasteiger partial charge in [-0.3, -0.25) is 0 Å². The van der Waals surface area contributed by atoms with Gasteiger partial charge in [0.15, 0.2) is 0 Å². The standard InChI is InChI=1S/C6H12O2.C5H10O2/c7-5-6-1-3-8-4-2-6;6-3-5-1-2-7-4-5/h6-7H,1-5H2;5-6H,1-4H2. The van der Waals surface area contributed by atoms with E-state index < -0.39 is 0 Å². The van der Waals surface area contributed by atoms with Crippen LogP contribution in [0.25, 0.3) is 0 Å². The quantitative estimate of drug-likeness (QED) is 0.705. The molecule has 2 aliphatic heterocycles. The highest BCUT2D eigenvalue weighted by Gasteiger charge is 2.13. The molecule has 1 unspecified atom stereocenters. The number of ether oxygens (including phenoxy) is 2. The second kappa shape index (κ2) is 8.05. The highest BCUT2D eigenvalue weighted by Crippen LogP contribution is 2.12. The van der Waals surface area contributed by atoms with Crippen molar-refractivity contribution in [1.29, 1.82) is 0 Å². The third-order valence-corrected chi connectivity index (χ3v) is 2.88. The van der Waals surface area contributed by atoms with Crippen molar-refractivity contribution in [2.75, 3.05) is 39.6 Å². The maximum absolute atomic E-state index is 8.64. The zero-order valence-electron chi connectivity index (χ0n) is 9.23. The van der Waals surface area contributed by atoms with E-state index in [1.54, 1.807) is 0 Å². The fourth-order valence-corrected chi connectivity index (χ4v) is 1.66. The molecule has 0 bridgehead atoms. The summed E-state index contributed by atoms with van der Waals surface area (Å²) in [5.41, 5.74) is 0. The molecule has 0 radical (unpaired) electrons. The van der Waals surface area contributed by atoms with Crippen LogP contribution in [0.3, 0.4) is 0 Å². The second-order valence-corrected chi connectivity index (χ2v) is 4.15. The third-order valence-electron chi connectivity index (χ3n) is 2.88. The van der Waals surface area contributed by atoms with Gasteiger partial charge in [-0.05, 0) is 25.2 Å². The third kappa shape index (κ3) is 5.47. The summed E-state index contributed by atoms with van der Waals surface area (Å²) in [4.78, 5) is 0. The topological polar surface area (TPSA) is 58.9 Å². The fourth-order valence-electron chi connectivity index (χ4n) is 1.66. The van der Waals surface area contributed by atoms with E-state index in [2.05, 4.69) is 0 Å². The lowest BCUT2D eigenvalue weighted by molar-refractivity contribution is 0.0455. The Balaban J connectivity index is 0.000000151. The minimum absolute atomic E-state index is 0.292. The van der Waals surface area contributed by atoms with Crippen LogP contribution in [-0.2, 0) is 9.47 Å². The van der Waals surface area contributed by atoms with Crippen LogP contribution in [0.1, 0.15) is 19.3 Å². The summed E-state index contributed by atoms with van der Waals surface area (Å²) in [5.74, 6) is 0.948. The van der Waals surface area contributed by atoms with Gasteiger partial charge in [-0.1, -0.05) is 0 Å². The first-order chi connectivity index (χ1) is 7.36. The highest BCUT2D eigenvalue weighted by molar-refractivity contribution is 4.61. The SMILES string of the molecule is OCC1CCOC1.OCC1CCOCC1. The van der Waals surface area contributed by atoms with Crippen LogP contribution in [0.2, 0.25) is 0 Å². The molecule has 0 aliphatic carbocycles. The van der Waals surface area contributed by atoms with Gasteiger partial charge < -0.3 is 19.7 Å². The van der Waals surface area contributed by atoms with E-state index in [4.69, 9.17) is 19.7 Å². The Morgan fingerprint density at radius 1 is 0.800 bits per heavy atom. The van der Waals surface area contributed by atoms with Crippen molar-refractivity contribution < 1.29 is 19.7 Å². The summed E-state index contributed by atoms with van der Waals surface area (Å²) in [6.45, 7) is 3.90. The number of hydrogen-bond donors (Lipinski definition) is 2. The van der Waals surface area contributed by atoms with Crippen LogP contribution in [0.4, 0.5) is 0 Å². The molecule has 2 N–H and O–H groups in total. The molecule has 1 atom stereocenters. The average Bonchev–Trinajstić information content (AvgIpc) is 2.84. The lowest BCUT2D eigenvalue weighted by atomic mass is 10.0. The Morgan fingerprint density at radius 3 is 1.67 bits per heavy atom. The molecule has 2 saturated heterocycles. The molecule has 90 valence electrons. The molecule has 0 saturated carbocycles. The van der Waals surface area contributed by atoms with Crippen molar-refractivity contribution in [3.8, 4) is 0 Å². The lowest BCUT2D eigenvalue weighted by Gasteiger charge is -2.18. The summed E-state index contributed by atoms with van der Waals surface area (Å²) in [6, 6.07) is 0. The van der Waals surface area contributed by atoms with Crippen molar-refractivity contribution in [3.05, 3.63) is 0 Å². The molecule has 4 heteroatoms. The monoisotopic (exact) mass is 218 g/mol. The summed E-state index contributed by atoms with van der Waals surface area (Å²) in [7, 11) is 0. The average molecular weight is 218 g/mol. The molecule has 15 heavy (non-hydrogen) atoms. The molecule has 0 aromatic heterocycles. The molecule has 0 amide bonds. The molecule has 2 aliphatic rings. The van der Waals surface area contributed by atoms with Gasteiger partial charge >= 0.3 is 0 Å². The van der Waals surface area contributed by atoms with Gasteiger partial charge in [0.25, 0.3) is 0 Å². The maximum Gasteiger partial charge on any atom is 0.0517 e. The largest absolute Gasteiger partial charge is 0.396 e. The predicted octanol–water partition coefficient (Wildman–Crippen LogP) is 0.420. The molecule has 2 rings (SSSR count). The van der Waals surface area contributed by atoms with Crippen LogP contribution >= 0.6 is 0 Å². The van der Waals surface area contributed by atoms with Crippen LogP contribution in [-0.4, -0.2) is 49.9 Å². The minimum atomic E-state index is 0.292. The molecule has 2 heterocycles. The molecular formula is C11H22O4. The van der Waals surface area contributed by atoms with Crippen molar-refractivity contribution in [1.82, 2.24) is 0 Å². The lowest BCUT2D eigenvalue weighted by Crippen LogP contribution is -2.18. The summed E-state index contributed by atoms with van der Waals surface area (Å²) in [5, 5.41) is 17.1. The Labute approximate surface area is 91.2 Å². The zero-order valence-corrected chi connectivity index (χ0v) is 9.23. The van der Waals surface area contributed by atoms with Crippen LogP contribution in [0, 0.1) is 11.8 Å².